The topological polar surface area (TPSA) is 54.1 Å². The molecule has 0 atom stereocenters. The Morgan fingerprint density at radius 2 is 1.82 bits per heavy atom. The van der Waals surface area contributed by atoms with E-state index in [-0.39, 0.29) is 5.91 Å². The number of hydrogen-bond donors (Lipinski definition) is 2. The number of aryl methyl sites for hydroxylation is 2. The van der Waals surface area contributed by atoms with E-state index < -0.39 is 0 Å². The molecular weight excluding hydrogens is 276 g/mol. The van der Waals surface area contributed by atoms with Crippen LogP contribution in [0.5, 0.6) is 5.75 Å². The van der Waals surface area contributed by atoms with Crippen molar-refractivity contribution in [2.45, 2.75) is 13.8 Å². The van der Waals surface area contributed by atoms with Crippen LogP contribution in [0.25, 0.3) is 10.9 Å². The number of hydrogen-bond acceptors (Lipinski definition) is 2. The summed E-state index contributed by atoms with van der Waals surface area (Å²) in [6, 6.07) is 13.4. The Kier molecular flexibility index (Phi) is 3.59. The predicted molar refractivity (Wildman–Crippen MR) is 88.7 cm³/mol. The Bertz CT molecular complexity index is 832. The Morgan fingerprint density at radius 1 is 1.09 bits per heavy atom. The molecule has 3 aromatic rings. The first kappa shape index (κ1) is 14.2. The van der Waals surface area contributed by atoms with Gasteiger partial charge in [0.25, 0.3) is 5.91 Å². The second-order valence-corrected chi connectivity index (χ2v) is 5.36. The lowest BCUT2D eigenvalue weighted by Crippen LogP contribution is -2.13. The van der Waals surface area contributed by atoms with Gasteiger partial charge in [0, 0.05) is 16.6 Å². The first-order valence-electron chi connectivity index (χ1n) is 7.13. The van der Waals surface area contributed by atoms with Crippen LogP contribution in [-0.4, -0.2) is 18.0 Å². The normalized spacial score (nSPS) is 10.7. The maximum absolute atomic E-state index is 12.5. The minimum Gasteiger partial charge on any atom is -0.497 e. The van der Waals surface area contributed by atoms with Crippen LogP contribution in [0, 0.1) is 13.8 Å². The van der Waals surface area contributed by atoms with Crippen molar-refractivity contribution in [2.24, 2.45) is 0 Å². The Morgan fingerprint density at radius 3 is 2.50 bits per heavy atom. The van der Waals surface area contributed by atoms with Crippen molar-refractivity contribution in [1.29, 1.82) is 0 Å². The summed E-state index contributed by atoms with van der Waals surface area (Å²) in [5.74, 6) is 0.617. The number of nitrogens with one attached hydrogen (secondary N) is 2. The van der Waals surface area contributed by atoms with E-state index in [9.17, 15) is 4.79 Å². The number of H-pyrrole nitrogens is 1. The molecule has 4 heteroatoms. The standard InChI is InChI=1S/C18H18N2O2/c1-11-4-9-16-15(10-11)12(2)17(20-16)18(21)19-13-5-7-14(22-3)8-6-13/h4-10,20H,1-3H3,(H,19,21). The monoisotopic (exact) mass is 294 g/mol. The fraction of sp³-hybridized carbons (Fsp3) is 0.167. The number of anilines is 1. The molecule has 1 aromatic heterocycles. The third-order valence-corrected chi connectivity index (χ3v) is 3.79. The van der Waals surface area contributed by atoms with Gasteiger partial charge in [0.05, 0.1) is 7.11 Å². The molecule has 0 aliphatic heterocycles. The highest BCUT2D eigenvalue weighted by atomic mass is 16.5. The first-order valence-corrected chi connectivity index (χ1v) is 7.13. The quantitative estimate of drug-likeness (QED) is 0.765. The number of aromatic amines is 1. The fourth-order valence-corrected chi connectivity index (χ4v) is 2.54. The average molecular weight is 294 g/mol. The third kappa shape index (κ3) is 2.55. The van der Waals surface area contributed by atoms with E-state index in [0.29, 0.717) is 5.69 Å². The highest BCUT2D eigenvalue weighted by Gasteiger charge is 2.15. The van der Waals surface area contributed by atoms with Crippen LogP contribution in [0.3, 0.4) is 0 Å². The summed E-state index contributed by atoms with van der Waals surface area (Å²) >= 11 is 0. The minimum atomic E-state index is -0.142. The van der Waals surface area contributed by atoms with Gasteiger partial charge in [-0.1, -0.05) is 11.6 Å². The molecule has 112 valence electrons. The number of amides is 1. The molecule has 0 aliphatic rings. The lowest BCUT2D eigenvalue weighted by molar-refractivity contribution is 0.102. The summed E-state index contributed by atoms with van der Waals surface area (Å²) in [6.07, 6.45) is 0. The number of carbonyl (C=O) groups excluding carboxylic acids is 1. The van der Waals surface area contributed by atoms with E-state index in [2.05, 4.69) is 16.4 Å². The molecule has 1 heterocycles. The molecule has 0 aliphatic carbocycles. The molecule has 0 saturated carbocycles. The van der Waals surface area contributed by atoms with Gasteiger partial charge in [-0.15, -0.1) is 0 Å². The summed E-state index contributed by atoms with van der Waals surface area (Å²) in [7, 11) is 1.61. The van der Waals surface area contributed by atoms with Crippen molar-refractivity contribution in [3.05, 3.63) is 59.3 Å². The van der Waals surface area contributed by atoms with Crippen molar-refractivity contribution in [3.63, 3.8) is 0 Å². The van der Waals surface area contributed by atoms with Gasteiger partial charge in [0.1, 0.15) is 11.4 Å². The summed E-state index contributed by atoms with van der Waals surface area (Å²) in [5, 5.41) is 3.98. The number of aromatic nitrogens is 1. The van der Waals surface area contributed by atoms with Gasteiger partial charge >= 0.3 is 0 Å². The predicted octanol–water partition coefficient (Wildman–Crippen LogP) is 4.05. The molecule has 4 nitrogen and oxygen atoms in total. The SMILES string of the molecule is COc1ccc(NC(=O)c2[nH]c3ccc(C)cc3c2C)cc1. The number of rotatable bonds is 3. The number of ether oxygens (including phenoxy) is 1. The molecule has 0 saturated heterocycles. The molecule has 22 heavy (non-hydrogen) atoms. The molecule has 0 radical (unpaired) electrons. The Labute approximate surface area is 129 Å². The molecule has 2 N–H and O–H groups in total. The Hall–Kier alpha value is -2.75. The van der Waals surface area contributed by atoms with Crippen molar-refractivity contribution in [1.82, 2.24) is 4.98 Å². The van der Waals surface area contributed by atoms with Crippen LogP contribution >= 0.6 is 0 Å². The highest BCUT2D eigenvalue weighted by Crippen LogP contribution is 2.24. The van der Waals surface area contributed by atoms with Crippen molar-refractivity contribution in [2.75, 3.05) is 12.4 Å². The highest BCUT2D eigenvalue weighted by molar-refractivity contribution is 6.07. The number of fused-ring (bicyclic) bond motifs is 1. The van der Waals surface area contributed by atoms with E-state index in [0.717, 1.165) is 27.9 Å². The molecule has 1 amide bonds. The smallest absolute Gasteiger partial charge is 0.272 e. The molecule has 0 spiro atoms. The van der Waals surface area contributed by atoms with Crippen LogP contribution in [0.4, 0.5) is 5.69 Å². The van der Waals surface area contributed by atoms with Crippen LogP contribution in [0.1, 0.15) is 21.6 Å². The average Bonchev–Trinajstić information content (AvgIpc) is 2.85. The van der Waals surface area contributed by atoms with Crippen LogP contribution in [0.15, 0.2) is 42.5 Å². The van der Waals surface area contributed by atoms with Crippen LogP contribution in [-0.2, 0) is 0 Å². The Balaban J connectivity index is 1.89. The van der Waals surface area contributed by atoms with Gasteiger partial charge in [-0.2, -0.15) is 0 Å². The van der Waals surface area contributed by atoms with E-state index in [1.165, 1.54) is 5.56 Å². The third-order valence-electron chi connectivity index (χ3n) is 3.79. The van der Waals surface area contributed by atoms with E-state index in [1.807, 2.05) is 50.2 Å². The molecule has 0 fully saturated rings. The van der Waals surface area contributed by atoms with Gasteiger partial charge in [-0.25, -0.2) is 0 Å². The molecule has 0 bridgehead atoms. The second-order valence-electron chi connectivity index (χ2n) is 5.36. The maximum Gasteiger partial charge on any atom is 0.272 e. The van der Waals surface area contributed by atoms with E-state index in [4.69, 9.17) is 4.74 Å². The molecule has 3 rings (SSSR count). The number of carbonyl (C=O) groups is 1. The second kappa shape index (κ2) is 5.56. The van der Waals surface area contributed by atoms with Gasteiger partial charge in [-0.3, -0.25) is 4.79 Å². The fourth-order valence-electron chi connectivity index (χ4n) is 2.54. The van der Waals surface area contributed by atoms with Crippen LogP contribution < -0.4 is 10.1 Å². The van der Waals surface area contributed by atoms with Gasteiger partial charge < -0.3 is 15.0 Å². The lowest BCUT2D eigenvalue weighted by atomic mass is 10.1. The largest absolute Gasteiger partial charge is 0.497 e. The van der Waals surface area contributed by atoms with Gasteiger partial charge in [-0.05, 0) is 55.8 Å². The van der Waals surface area contributed by atoms with Crippen molar-refractivity contribution >= 4 is 22.5 Å². The maximum atomic E-state index is 12.5. The number of benzene rings is 2. The van der Waals surface area contributed by atoms with E-state index in [1.54, 1.807) is 7.11 Å². The molecular formula is C18H18N2O2. The first-order chi connectivity index (χ1) is 10.6. The molecule has 0 unspecified atom stereocenters. The number of methoxy groups -OCH3 is 1. The summed E-state index contributed by atoms with van der Waals surface area (Å²) in [5.41, 5.74) is 4.45. The lowest BCUT2D eigenvalue weighted by Gasteiger charge is -2.06. The minimum absolute atomic E-state index is 0.142. The zero-order valence-corrected chi connectivity index (χ0v) is 12.9. The van der Waals surface area contributed by atoms with Crippen molar-refractivity contribution < 1.29 is 9.53 Å². The van der Waals surface area contributed by atoms with E-state index >= 15 is 0 Å². The zero-order valence-electron chi connectivity index (χ0n) is 12.9. The van der Waals surface area contributed by atoms with Gasteiger partial charge in [0.15, 0.2) is 0 Å². The summed E-state index contributed by atoms with van der Waals surface area (Å²) < 4.78 is 5.11. The van der Waals surface area contributed by atoms with Gasteiger partial charge in [0.2, 0.25) is 0 Å². The van der Waals surface area contributed by atoms with Crippen molar-refractivity contribution in [3.8, 4) is 5.75 Å². The summed E-state index contributed by atoms with van der Waals surface area (Å²) in [4.78, 5) is 15.7. The molecule has 2 aromatic carbocycles. The van der Waals surface area contributed by atoms with Crippen LogP contribution in [0.2, 0.25) is 0 Å². The summed E-state index contributed by atoms with van der Waals surface area (Å²) in [6.45, 7) is 4.00. The zero-order chi connectivity index (χ0) is 15.7.